The number of carboxylic acid groups (broad SMARTS) is 1. The van der Waals surface area contributed by atoms with Crippen molar-refractivity contribution >= 4 is 6.09 Å². The van der Waals surface area contributed by atoms with E-state index in [4.69, 9.17) is 11.5 Å². The van der Waals surface area contributed by atoms with Crippen molar-refractivity contribution in [3.8, 4) is 12.3 Å². The van der Waals surface area contributed by atoms with Crippen molar-refractivity contribution in [3.05, 3.63) is 0 Å². The van der Waals surface area contributed by atoms with Crippen molar-refractivity contribution in [3.63, 3.8) is 0 Å². The van der Waals surface area contributed by atoms with Crippen molar-refractivity contribution in [2.75, 3.05) is 0 Å². The highest BCUT2D eigenvalue weighted by Crippen LogP contribution is 2.47. The third-order valence-electron chi connectivity index (χ3n) is 2.52. The van der Waals surface area contributed by atoms with Crippen LogP contribution in [0, 0.1) is 18.3 Å². The molecule has 0 radical (unpaired) electrons. The molecule has 1 heterocycles. The maximum absolute atomic E-state index is 10.6. The summed E-state index contributed by atoms with van der Waals surface area (Å²) in [4.78, 5) is 12.1. The van der Waals surface area contributed by atoms with Crippen LogP contribution in [0.5, 0.6) is 0 Å². The van der Waals surface area contributed by atoms with Gasteiger partial charge >= 0.3 is 6.09 Å². The zero-order valence-corrected chi connectivity index (χ0v) is 6.03. The Kier molecular flexibility index (Phi) is 1.14. The number of hydrogen-bond donors (Lipinski definition) is 1. The Morgan fingerprint density at radius 2 is 2.36 bits per heavy atom. The van der Waals surface area contributed by atoms with E-state index < -0.39 is 6.09 Å². The number of terminal acetylenes is 1. The van der Waals surface area contributed by atoms with E-state index in [9.17, 15) is 4.79 Å². The van der Waals surface area contributed by atoms with Gasteiger partial charge in [-0.15, -0.1) is 6.42 Å². The summed E-state index contributed by atoms with van der Waals surface area (Å²) in [5.41, 5.74) is 0. The van der Waals surface area contributed by atoms with Gasteiger partial charge in [0, 0.05) is 6.04 Å². The summed E-state index contributed by atoms with van der Waals surface area (Å²) in [5, 5.41) is 8.74. The van der Waals surface area contributed by atoms with Gasteiger partial charge in [-0.25, -0.2) is 4.79 Å². The highest BCUT2D eigenvalue weighted by atomic mass is 16.4. The molecule has 1 aliphatic heterocycles. The summed E-state index contributed by atoms with van der Waals surface area (Å²) in [5.74, 6) is 3.06. The van der Waals surface area contributed by atoms with Crippen molar-refractivity contribution in [1.29, 1.82) is 0 Å². The number of piperidine rings is 1. The summed E-state index contributed by atoms with van der Waals surface area (Å²) < 4.78 is 0. The number of fused-ring (bicyclic) bond motifs is 1. The third-order valence-corrected chi connectivity index (χ3v) is 2.52. The highest BCUT2D eigenvalue weighted by Gasteiger charge is 2.53. The standard InChI is InChI=1S/C8H9NO2/c1-2-6-3-5-4-7(5)9(6)8(10)11/h1,5-7H,3-4H2,(H,10,11). The van der Waals surface area contributed by atoms with Crippen LogP contribution in [0.15, 0.2) is 0 Å². The number of carbonyl (C=O) groups is 1. The lowest BCUT2D eigenvalue weighted by molar-refractivity contribution is 0.140. The normalized spacial score (nSPS) is 39.5. The van der Waals surface area contributed by atoms with Crippen molar-refractivity contribution in [2.24, 2.45) is 5.92 Å². The van der Waals surface area contributed by atoms with Crippen LogP contribution in [0.4, 0.5) is 4.79 Å². The van der Waals surface area contributed by atoms with E-state index in [1.807, 2.05) is 0 Å². The molecule has 2 aliphatic rings. The van der Waals surface area contributed by atoms with Crippen LogP contribution in [0.2, 0.25) is 0 Å². The molecular weight excluding hydrogens is 142 g/mol. The molecule has 2 fully saturated rings. The van der Waals surface area contributed by atoms with Crippen LogP contribution in [0.25, 0.3) is 0 Å². The fourth-order valence-electron chi connectivity index (χ4n) is 1.88. The molecule has 1 amide bonds. The van der Waals surface area contributed by atoms with Crippen molar-refractivity contribution in [2.45, 2.75) is 24.9 Å². The molecule has 3 unspecified atom stereocenters. The molecule has 11 heavy (non-hydrogen) atoms. The van der Waals surface area contributed by atoms with E-state index in [0.717, 1.165) is 12.8 Å². The minimum absolute atomic E-state index is 0.156. The Labute approximate surface area is 65.0 Å². The van der Waals surface area contributed by atoms with Crippen molar-refractivity contribution in [1.82, 2.24) is 4.90 Å². The Balaban J connectivity index is 2.16. The van der Waals surface area contributed by atoms with E-state index in [-0.39, 0.29) is 12.1 Å². The number of amides is 1. The van der Waals surface area contributed by atoms with Crippen LogP contribution < -0.4 is 0 Å². The molecule has 0 bridgehead atoms. The Bertz CT molecular complexity index is 243. The SMILES string of the molecule is C#CC1CC2CC2N1C(=O)O. The van der Waals surface area contributed by atoms with E-state index in [2.05, 4.69) is 5.92 Å². The maximum atomic E-state index is 10.6. The third kappa shape index (κ3) is 0.790. The lowest BCUT2D eigenvalue weighted by Gasteiger charge is -2.19. The van der Waals surface area contributed by atoms with E-state index in [0.29, 0.717) is 5.92 Å². The average molecular weight is 151 g/mol. The van der Waals surface area contributed by atoms with E-state index in [1.165, 1.54) is 4.90 Å². The second-order valence-electron chi connectivity index (χ2n) is 3.17. The van der Waals surface area contributed by atoms with Gasteiger partial charge in [0.1, 0.15) is 0 Å². The van der Waals surface area contributed by atoms with Gasteiger partial charge < -0.3 is 5.11 Å². The molecule has 0 spiro atoms. The van der Waals surface area contributed by atoms with Crippen LogP contribution in [0.1, 0.15) is 12.8 Å². The Morgan fingerprint density at radius 1 is 1.64 bits per heavy atom. The smallest absolute Gasteiger partial charge is 0.408 e. The van der Waals surface area contributed by atoms with Gasteiger partial charge in [0.25, 0.3) is 0 Å². The van der Waals surface area contributed by atoms with Gasteiger partial charge in [-0.3, -0.25) is 4.90 Å². The molecule has 3 heteroatoms. The zero-order valence-electron chi connectivity index (χ0n) is 6.03. The van der Waals surface area contributed by atoms with Crippen LogP contribution >= 0.6 is 0 Å². The van der Waals surface area contributed by atoms with Crippen LogP contribution in [-0.4, -0.2) is 28.2 Å². The summed E-state index contributed by atoms with van der Waals surface area (Å²) >= 11 is 0. The topological polar surface area (TPSA) is 40.5 Å². The fourth-order valence-corrected chi connectivity index (χ4v) is 1.88. The average Bonchev–Trinajstić information content (AvgIpc) is 2.61. The second kappa shape index (κ2) is 1.91. The van der Waals surface area contributed by atoms with Gasteiger partial charge in [0.05, 0.1) is 6.04 Å². The first kappa shape index (κ1) is 6.53. The molecule has 1 saturated carbocycles. The van der Waals surface area contributed by atoms with Gasteiger partial charge in [-0.05, 0) is 18.8 Å². The molecule has 2 rings (SSSR count). The first-order valence-corrected chi connectivity index (χ1v) is 3.71. The van der Waals surface area contributed by atoms with E-state index in [1.54, 1.807) is 0 Å². The van der Waals surface area contributed by atoms with Gasteiger partial charge in [0.15, 0.2) is 0 Å². The molecule has 0 aromatic rings. The minimum atomic E-state index is -0.863. The number of rotatable bonds is 0. The lowest BCUT2D eigenvalue weighted by atomic mass is 10.2. The van der Waals surface area contributed by atoms with Crippen LogP contribution in [-0.2, 0) is 0 Å². The van der Waals surface area contributed by atoms with Crippen LogP contribution in [0.3, 0.4) is 0 Å². The molecular formula is C8H9NO2. The molecule has 3 nitrogen and oxygen atoms in total. The Hall–Kier alpha value is -1.17. The fraction of sp³-hybridized carbons (Fsp3) is 0.625. The molecule has 1 saturated heterocycles. The predicted octanol–water partition coefficient (Wildman–Crippen LogP) is 0.760. The number of hydrogen-bond acceptors (Lipinski definition) is 1. The summed E-state index contributed by atoms with van der Waals surface area (Å²) in [7, 11) is 0. The summed E-state index contributed by atoms with van der Waals surface area (Å²) in [6.07, 6.45) is 6.21. The number of likely N-dealkylation sites (tertiary alicyclic amines) is 1. The molecule has 3 atom stereocenters. The molecule has 58 valence electrons. The van der Waals surface area contributed by atoms with Gasteiger partial charge in [-0.2, -0.15) is 0 Å². The molecule has 1 aliphatic carbocycles. The molecule has 0 aromatic heterocycles. The quantitative estimate of drug-likeness (QED) is 0.519. The zero-order chi connectivity index (χ0) is 8.01. The van der Waals surface area contributed by atoms with Gasteiger partial charge in [-0.1, -0.05) is 5.92 Å². The monoisotopic (exact) mass is 151 g/mol. The summed E-state index contributed by atoms with van der Waals surface area (Å²) in [6.45, 7) is 0. The molecule has 0 aromatic carbocycles. The summed E-state index contributed by atoms with van der Waals surface area (Å²) in [6, 6.07) is 0.0878. The predicted molar refractivity (Wildman–Crippen MR) is 39.0 cm³/mol. The first-order valence-electron chi connectivity index (χ1n) is 3.71. The second-order valence-corrected chi connectivity index (χ2v) is 3.17. The lowest BCUT2D eigenvalue weighted by Crippen LogP contribution is -2.36. The molecule has 1 N–H and O–H groups in total. The van der Waals surface area contributed by atoms with Gasteiger partial charge in [0.2, 0.25) is 0 Å². The van der Waals surface area contributed by atoms with E-state index >= 15 is 0 Å². The highest BCUT2D eigenvalue weighted by molar-refractivity contribution is 5.68. The largest absolute Gasteiger partial charge is 0.465 e. The maximum Gasteiger partial charge on any atom is 0.408 e. The minimum Gasteiger partial charge on any atom is -0.465 e. The Morgan fingerprint density at radius 3 is 2.82 bits per heavy atom. The first-order chi connectivity index (χ1) is 5.24. The number of nitrogens with zero attached hydrogens (tertiary/aromatic N) is 1. The van der Waals surface area contributed by atoms with Crippen molar-refractivity contribution < 1.29 is 9.90 Å².